The van der Waals surface area contributed by atoms with Gasteiger partial charge in [-0.2, -0.15) is 0 Å². The number of hydrogen-bond donors (Lipinski definition) is 2. The maximum atomic E-state index is 11.8. The van der Waals surface area contributed by atoms with Gasteiger partial charge in [0.1, 0.15) is 0 Å². The van der Waals surface area contributed by atoms with Crippen LogP contribution in [-0.4, -0.2) is 18.0 Å². The lowest BCUT2D eigenvalue weighted by molar-refractivity contribution is -0.122. The van der Waals surface area contributed by atoms with Gasteiger partial charge in [-0.05, 0) is 37.5 Å². The molecule has 0 spiro atoms. The minimum absolute atomic E-state index is 0.181. The molecule has 0 aliphatic heterocycles. The zero-order chi connectivity index (χ0) is 12.9. The van der Waals surface area contributed by atoms with Gasteiger partial charge in [-0.25, -0.2) is 0 Å². The van der Waals surface area contributed by atoms with Crippen LogP contribution in [0, 0.1) is 11.8 Å². The maximum Gasteiger partial charge on any atom is 0.220 e. The van der Waals surface area contributed by atoms with Crippen LogP contribution >= 0.6 is 0 Å². The molecule has 1 fully saturated rings. The Morgan fingerprint density at radius 3 is 2.47 bits per heavy atom. The van der Waals surface area contributed by atoms with Crippen LogP contribution in [0.5, 0.6) is 0 Å². The minimum Gasteiger partial charge on any atom is -0.354 e. The summed E-state index contributed by atoms with van der Waals surface area (Å²) >= 11 is 0. The second kappa shape index (κ2) is 6.39. The molecule has 0 bridgehead atoms. The van der Waals surface area contributed by atoms with Gasteiger partial charge in [0.2, 0.25) is 5.91 Å². The SMILES string of the molecule is CCC(N)(CC)CNC(=O)CC1CCC(C)C1. The molecular formula is C14H28N2O. The van der Waals surface area contributed by atoms with Crippen LogP contribution in [-0.2, 0) is 4.79 Å². The third kappa shape index (κ3) is 4.66. The molecule has 0 heterocycles. The summed E-state index contributed by atoms with van der Waals surface area (Å²) in [6, 6.07) is 0. The standard InChI is InChI=1S/C14H28N2O/c1-4-14(15,5-2)10-16-13(17)9-12-7-6-11(3)8-12/h11-12H,4-10,15H2,1-3H3,(H,16,17). The van der Waals surface area contributed by atoms with E-state index in [0.717, 1.165) is 18.8 Å². The highest BCUT2D eigenvalue weighted by molar-refractivity contribution is 5.76. The van der Waals surface area contributed by atoms with E-state index >= 15 is 0 Å². The molecule has 17 heavy (non-hydrogen) atoms. The van der Waals surface area contributed by atoms with Gasteiger partial charge in [0.25, 0.3) is 0 Å². The Morgan fingerprint density at radius 2 is 2.00 bits per heavy atom. The first-order chi connectivity index (χ1) is 7.99. The van der Waals surface area contributed by atoms with Gasteiger partial charge in [0, 0.05) is 18.5 Å². The van der Waals surface area contributed by atoms with Crippen LogP contribution in [0.4, 0.5) is 0 Å². The molecule has 0 saturated heterocycles. The molecule has 1 aliphatic rings. The van der Waals surface area contributed by atoms with E-state index in [-0.39, 0.29) is 11.4 Å². The van der Waals surface area contributed by atoms with Crippen molar-refractivity contribution in [1.82, 2.24) is 5.32 Å². The van der Waals surface area contributed by atoms with Crippen molar-refractivity contribution in [2.75, 3.05) is 6.54 Å². The number of nitrogens with two attached hydrogens (primary N) is 1. The molecular weight excluding hydrogens is 212 g/mol. The smallest absolute Gasteiger partial charge is 0.220 e. The molecule has 0 aromatic rings. The van der Waals surface area contributed by atoms with E-state index in [0.29, 0.717) is 18.9 Å². The van der Waals surface area contributed by atoms with Crippen LogP contribution in [0.2, 0.25) is 0 Å². The number of carbonyl (C=O) groups excluding carboxylic acids is 1. The lowest BCUT2D eigenvalue weighted by Gasteiger charge is -2.27. The molecule has 3 nitrogen and oxygen atoms in total. The summed E-state index contributed by atoms with van der Waals surface area (Å²) in [5.74, 6) is 1.58. The van der Waals surface area contributed by atoms with Crippen molar-refractivity contribution in [3.8, 4) is 0 Å². The van der Waals surface area contributed by atoms with Crippen molar-refractivity contribution in [2.45, 2.75) is 64.8 Å². The molecule has 1 amide bonds. The minimum atomic E-state index is -0.224. The summed E-state index contributed by atoms with van der Waals surface area (Å²) in [7, 11) is 0. The highest BCUT2D eigenvalue weighted by Gasteiger charge is 2.25. The van der Waals surface area contributed by atoms with E-state index < -0.39 is 0 Å². The Balaban J connectivity index is 2.25. The Hall–Kier alpha value is -0.570. The van der Waals surface area contributed by atoms with Gasteiger partial charge < -0.3 is 11.1 Å². The number of rotatable bonds is 6. The summed E-state index contributed by atoms with van der Waals surface area (Å²) in [6.07, 6.45) is 6.21. The normalized spacial score (nSPS) is 24.9. The first-order valence-corrected chi connectivity index (χ1v) is 7.04. The van der Waals surface area contributed by atoms with Gasteiger partial charge in [0.15, 0.2) is 0 Å². The van der Waals surface area contributed by atoms with E-state index in [2.05, 4.69) is 26.1 Å². The zero-order valence-electron chi connectivity index (χ0n) is 11.6. The Labute approximate surface area is 106 Å². The highest BCUT2D eigenvalue weighted by atomic mass is 16.1. The lowest BCUT2D eigenvalue weighted by atomic mass is 9.94. The first kappa shape index (κ1) is 14.5. The molecule has 1 aliphatic carbocycles. The summed E-state index contributed by atoms with van der Waals surface area (Å²) in [6.45, 7) is 7.04. The molecule has 0 aromatic heterocycles. The molecule has 3 heteroatoms. The second-order valence-electron chi connectivity index (χ2n) is 5.83. The summed E-state index contributed by atoms with van der Waals surface area (Å²) in [5, 5.41) is 3.00. The fourth-order valence-electron chi connectivity index (χ4n) is 2.62. The number of nitrogens with one attached hydrogen (secondary N) is 1. The fraction of sp³-hybridized carbons (Fsp3) is 0.929. The van der Waals surface area contributed by atoms with Crippen molar-refractivity contribution in [2.24, 2.45) is 17.6 Å². The topological polar surface area (TPSA) is 55.1 Å². The summed E-state index contributed by atoms with van der Waals surface area (Å²) in [4.78, 5) is 11.8. The van der Waals surface area contributed by atoms with Crippen molar-refractivity contribution < 1.29 is 4.79 Å². The largest absolute Gasteiger partial charge is 0.354 e. The quantitative estimate of drug-likeness (QED) is 0.749. The Kier molecular flexibility index (Phi) is 5.44. The fourth-order valence-corrected chi connectivity index (χ4v) is 2.62. The van der Waals surface area contributed by atoms with Gasteiger partial charge in [-0.15, -0.1) is 0 Å². The molecule has 1 rings (SSSR count). The van der Waals surface area contributed by atoms with Crippen molar-refractivity contribution in [3.63, 3.8) is 0 Å². The van der Waals surface area contributed by atoms with Crippen LogP contribution in [0.1, 0.15) is 59.3 Å². The number of carbonyl (C=O) groups is 1. The zero-order valence-corrected chi connectivity index (χ0v) is 11.6. The van der Waals surface area contributed by atoms with E-state index in [1.165, 1.54) is 19.3 Å². The van der Waals surface area contributed by atoms with Gasteiger partial charge in [-0.3, -0.25) is 4.79 Å². The molecule has 2 atom stereocenters. The van der Waals surface area contributed by atoms with Crippen LogP contribution in [0.3, 0.4) is 0 Å². The molecule has 3 N–H and O–H groups in total. The van der Waals surface area contributed by atoms with Crippen molar-refractivity contribution in [3.05, 3.63) is 0 Å². The average molecular weight is 240 g/mol. The maximum absolute atomic E-state index is 11.8. The van der Waals surface area contributed by atoms with Gasteiger partial charge >= 0.3 is 0 Å². The number of amides is 1. The van der Waals surface area contributed by atoms with Crippen molar-refractivity contribution >= 4 is 5.91 Å². The van der Waals surface area contributed by atoms with Crippen molar-refractivity contribution in [1.29, 1.82) is 0 Å². The first-order valence-electron chi connectivity index (χ1n) is 7.04. The molecule has 0 aromatic carbocycles. The van der Waals surface area contributed by atoms with Crippen LogP contribution in [0.15, 0.2) is 0 Å². The van der Waals surface area contributed by atoms with Gasteiger partial charge in [0.05, 0.1) is 0 Å². The second-order valence-corrected chi connectivity index (χ2v) is 5.83. The number of hydrogen-bond acceptors (Lipinski definition) is 2. The van der Waals surface area contributed by atoms with E-state index in [1.54, 1.807) is 0 Å². The Morgan fingerprint density at radius 1 is 1.35 bits per heavy atom. The highest BCUT2D eigenvalue weighted by Crippen LogP contribution is 2.32. The molecule has 1 saturated carbocycles. The van der Waals surface area contributed by atoms with E-state index in [4.69, 9.17) is 5.73 Å². The van der Waals surface area contributed by atoms with Gasteiger partial charge in [-0.1, -0.05) is 27.2 Å². The predicted molar refractivity (Wildman–Crippen MR) is 71.6 cm³/mol. The van der Waals surface area contributed by atoms with Crippen LogP contribution in [0.25, 0.3) is 0 Å². The third-order valence-electron chi connectivity index (χ3n) is 4.32. The van der Waals surface area contributed by atoms with E-state index in [1.807, 2.05) is 0 Å². The molecule has 100 valence electrons. The summed E-state index contributed by atoms with van der Waals surface area (Å²) in [5.41, 5.74) is 5.94. The third-order valence-corrected chi connectivity index (χ3v) is 4.32. The van der Waals surface area contributed by atoms with Crippen LogP contribution < -0.4 is 11.1 Å². The lowest BCUT2D eigenvalue weighted by Crippen LogP contribution is -2.49. The molecule has 0 radical (unpaired) electrons. The monoisotopic (exact) mass is 240 g/mol. The predicted octanol–water partition coefficient (Wildman–Crippen LogP) is 2.45. The van der Waals surface area contributed by atoms with E-state index in [9.17, 15) is 4.79 Å². The average Bonchev–Trinajstić information content (AvgIpc) is 2.72. The summed E-state index contributed by atoms with van der Waals surface area (Å²) < 4.78 is 0. The Bertz CT molecular complexity index is 249. The molecule has 2 unspecified atom stereocenters.